The minimum atomic E-state index is -0.306. The van der Waals surface area contributed by atoms with Gasteiger partial charge in [-0.2, -0.15) is 0 Å². The van der Waals surface area contributed by atoms with Crippen LogP contribution in [0.4, 0.5) is 0 Å². The Balaban J connectivity index is 2.14. The van der Waals surface area contributed by atoms with Crippen LogP contribution in [0.1, 0.15) is 79.6 Å². The summed E-state index contributed by atoms with van der Waals surface area (Å²) in [6.07, 6.45) is 7.07. The van der Waals surface area contributed by atoms with Crippen molar-refractivity contribution in [3.63, 3.8) is 0 Å². The molecule has 0 aromatic heterocycles. The average molecular weight is 366 g/mol. The van der Waals surface area contributed by atoms with E-state index in [-0.39, 0.29) is 23.9 Å². The molecule has 2 heterocycles. The molecule has 3 unspecified atom stereocenters. The van der Waals surface area contributed by atoms with E-state index in [2.05, 4.69) is 30.6 Å². The number of likely N-dealkylation sites (tertiary alicyclic amines) is 2. The van der Waals surface area contributed by atoms with Gasteiger partial charge in [0.1, 0.15) is 6.04 Å². The molecule has 2 amide bonds. The SMILES string of the molecule is CCCC1CCCN1C(=O)C(CC)N(CC)C(=O)C1CCCN1C(C)C. The summed E-state index contributed by atoms with van der Waals surface area (Å²) < 4.78 is 0. The lowest BCUT2D eigenvalue weighted by Gasteiger charge is -2.38. The number of hydrogen-bond acceptors (Lipinski definition) is 3. The van der Waals surface area contributed by atoms with Crippen LogP contribution in [0.15, 0.2) is 0 Å². The molecule has 0 aromatic rings. The fourth-order valence-electron chi connectivity index (χ4n) is 4.87. The molecule has 2 aliphatic rings. The molecule has 0 radical (unpaired) electrons. The van der Waals surface area contributed by atoms with Crippen molar-refractivity contribution in [1.82, 2.24) is 14.7 Å². The van der Waals surface area contributed by atoms with E-state index in [0.717, 1.165) is 51.6 Å². The second-order valence-corrected chi connectivity index (χ2v) is 8.15. The number of rotatable bonds is 8. The van der Waals surface area contributed by atoms with Crippen molar-refractivity contribution < 1.29 is 9.59 Å². The quantitative estimate of drug-likeness (QED) is 0.663. The van der Waals surface area contributed by atoms with Crippen LogP contribution in [0.3, 0.4) is 0 Å². The normalized spacial score (nSPS) is 25.1. The van der Waals surface area contributed by atoms with Gasteiger partial charge in [-0.3, -0.25) is 14.5 Å². The highest BCUT2D eigenvalue weighted by Crippen LogP contribution is 2.26. The van der Waals surface area contributed by atoms with Gasteiger partial charge in [0, 0.05) is 25.2 Å². The third kappa shape index (κ3) is 4.41. The van der Waals surface area contributed by atoms with Crippen LogP contribution in [0.5, 0.6) is 0 Å². The zero-order valence-corrected chi connectivity index (χ0v) is 17.5. The largest absolute Gasteiger partial charge is 0.338 e. The van der Waals surface area contributed by atoms with Gasteiger partial charge >= 0.3 is 0 Å². The number of carbonyl (C=O) groups excluding carboxylic acids is 2. The predicted octanol–water partition coefficient (Wildman–Crippen LogP) is 3.28. The van der Waals surface area contributed by atoms with Crippen molar-refractivity contribution in [2.45, 2.75) is 104 Å². The summed E-state index contributed by atoms with van der Waals surface area (Å²) in [6.45, 7) is 13.0. The summed E-state index contributed by atoms with van der Waals surface area (Å²) in [6, 6.07) is 0.379. The molecule has 5 heteroatoms. The van der Waals surface area contributed by atoms with Gasteiger partial charge < -0.3 is 9.80 Å². The first-order valence-corrected chi connectivity index (χ1v) is 10.8. The van der Waals surface area contributed by atoms with Gasteiger partial charge in [0.15, 0.2) is 0 Å². The molecule has 150 valence electrons. The second-order valence-electron chi connectivity index (χ2n) is 8.15. The third-order valence-electron chi connectivity index (χ3n) is 6.20. The molecule has 0 aromatic carbocycles. The third-order valence-corrected chi connectivity index (χ3v) is 6.20. The monoisotopic (exact) mass is 365 g/mol. The molecule has 26 heavy (non-hydrogen) atoms. The van der Waals surface area contributed by atoms with Crippen LogP contribution in [-0.4, -0.2) is 70.3 Å². The lowest BCUT2D eigenvalue weighted by atomic mass is 10.1. The number of hydrogen-bond donors (Lipinski definition) is 0. The van der Waals surface area contributed by atoms with Gasteiger partial charge in [0.05, 0.1) is 6.04 Å². The smallest absolute Gasteiger partial charge is 0.245 e. The van der Waals surface area contributed by atoms with Gasteiger partial charge in [-0.25, -0.2) is 0 Å². The minimum Gasteiger partial charge on any atom is -0.338 e. The molecule has 3 atom stereocenters. The van der Waals surface area contributed by atoms with Crippen LogP contribution in [0.25, 0.3) is 0 Å². The fraction of sp³-hybridized carbons (Fsp3) is 0.905. The Morgan fingerprint density at radius 1 is 1.08 bits per heavy atom. The Labute approximate surface area is 160 Å². The highest BCUT2D eigenvalue weighted by Gasteiger charge is 2.40. The summed E-state index contributed by atoms with van der Waals surface area (Å²) in [5.41, 5.74) is 0. The lowest BCUT2D eigenvalue weighted by Crippen LogP contribution is -2.56. The molecule has 0 bridgehead atoms. The van der Waals surface area contributed by atoms with Crippen molar-refractivity contribution in [3.8, 4) is 0 Å². The highest BCUT2D eigenvalue weighted by molar-refractivity contribution is 5.90. The van der Waals surface area contributed by atoms with E-state index in [4.69, 9.17) is 0 Å². The van der Waals surface area contributed by atoms with Crippen molar-refractivity contribution >= 4 is 11.8 Å². The summed E-state index contributed by atoms with van der Waals surface area (Å²) >= 11 is 0. The van der Waals surface area contributed by atoms with E-state index in [9.17, 15) is 9.59 Å². The molecule has 2 rings (SSSR count). The van der Waals surface area contributed by atoms with E-state index in [1.165, 1.54) is 0 Å². The maximum Gasteiger partial charge on any atom is 0.245 e. The van der Waals surface area contributed by atoms with Crippen molar-refractivity contribution in [3.05, 3.63) is 0 Å². The number of carbonyl (C=O) groups is 2. The van der Waals surface area contributed by atoms with Crippen molar-refractivity contribution in [1.29, 1.82) is 0 Å². The summed E-state index contributed by atoms with van der Waals surface area (Å²) in [7, 11) is 0. The molecule has 0 N–H and O–H groups in total. The van der Waals surface area contributed by atoms with Gasteiger partial charge in [0.25, 0.3) is 0 Å². The lowest BCUT2D eigenvalue weighted by molar-refractivity contribution is -0.149. The minimum absolute atomic E-state index is 0.0539. The first kappa shape index (κ1) is 21.2. The molecule has 2 saturated heterocycles. The van der Waals surface area contributed by atoms with Gasteiger partial charge in [-0.1, -0.05) is 20.3 Å². The maximum absolute atomic E-state index is 13.3. The van der Waals surface area contributed by atoms with E-state index >= 15 is 0 Å². The molecule has 0 spiro atoms. The van der Waals surface area contributed by atoms with Crippen LogP contribution >= 0.6 is 0 Å². The Bertz CT molecular complexity index is 480. The van der Waals surface area contributed by atoms with Gasteiger partial charge in [-0.15, -0.1) is 0 Å². The summed E-state index contributed by atoms with van der Waals surface area (Å²) in [4.78, 5) is 32.9. The van der Waals surface area contributed by atoms with Crippen LogP contribution in [0, 0.1) is 0 Å². The van der Waals surface area contributed by atoms with Crippen molar-refractivity contribution in [2.24, 2.45) is 0 Å². The van der Waals surface area contributed by atoms with Gasteiger partial charge in [-0.05, 0) is 65.8 Å². The Morgan fingerprint density at radius 3 is 2.35 bits per heavy atom. The standard InChI is InChI=1S/C21H39N3O2/c1-6-11-17-12-9-15-24(17)20(25)18(7-2)22(8-3)21(26)19-13-10-14-23(19)16(4)5/h16-19H,6-15H2,1-5H3. The van der Waals surface area contributed by atoms with E-state index in [0.29, 0.717) is 25.0 Å². The first-order valence-electron chi connectivity index (χ1n) is 10.8. The van der Waals surface area contributed by atoms with E-state index in [1.807, 2.05) is 18.7 Å². The summed E-state index contributed by atoms with van der Waals surface area (Å²) in [5, 5.41) is 0. The van der Waals surface area contributed by atoms with Crippen molar-refractivity contribution in [2.75, 3.05) is 19.6 Å². The zero-order valence-electron chi connectivity index (χ0n) is 17.5. The van der Waals surface area contributed by atoms with Crippen LogP contribution in [0.2, 0.25) is 0 Å². The predicted molar refractivity (Wildman–Crippen MR) is 106 cm³/mol. The van der Waals surface area contributed by atoms with Crippen LogP contribution < -0.4 is 0 Å². The summed E-state index contributed by atoms with van der Waals surface area (Å²) in [5.74, 6) is 0.331. The van der Waals surface area contributed by atoms with E-state index < -0.39 is 0 Å². The Morgan fingerprint density at radius 2 is 1.77 bits per heavy atom. The maximum atomic E-state index is 13.3. The first-order chi connectivity index (χ1) is 12.5. The molecule has 0 saturated carbocycles. The molecular formula is C21H39N3O2. The fourth-order valence-corrected chi connectivity index (χ4v) is 4.87. The van der Waals surface area contributed by atoms with Gasteiger partial charge in [0.2, 0.25) is 11.8 Å². The molecule has 2 aliphatic heterocycles. The Hall–Kier alpha value is -1.10. The highest BCUT2D eigenvalue weighted by atomic mass is 16.2. The zero-order chi connectivity index (χ0) is 19.3. The molecule has 2 fully saturated rings. The molecule has 0 aliphatic carbocycles. The molecule has 5 nitrogen and oxygen atoms in total. The van der Waals surface area contributed by atoms with Crippen LogP contribution in [-0.2, 0) is 9.59 Å². The topological polar surface area (TPSA) is 43.9 Å². The van der Waals surface area contributed by atoms with E-state index in [1.54, 1.807) is 0 Å². The number of amides is 2. The average Bonchev–Trinajstić information content (AvgIpc) is 3.28. The number of nitrogens with zero attached hydrogens (tertiary/aromatic N) is 3. The second kappa shape index (κ2) is 9.72. The Kier molecular flexibility index (Phi) is 7.93. The number of likely N-dealkylation sites (N-methyl/N-ethyl adjacent to an activating group) is 1. The molecular weight excluding hydrogens is 326 g/mol.